The number of halogens is 4. The molecule has 0 unspecified atom stereocenters. The highest BCUT2D eigenvalue weighted by Crippen LogP contribution is 2.40. The lowest BCUT2D eigenvalue weighted by Crippen LogP contribution is -2.23. The highest BCUT2D eigenvalue weighted by molar-refractivity contribution is 9.10. The molecule has 0 spiro atoms. The van der Waals surface area contributed by atoms with E-state index < -0.39 is 11.7 Å². The third-order valence-corrected chi connectivity index (χ3v) is 4.65. The molecule has 0 bridgehead atoms. The fourth-order valence-electron chi connectivity index (χ4n) is 2.66. The van der Waals surface area contributed by atoms with Crippen molar-refractivity contribution < 1.29 is 17.9 Å². The molecule has 146 valence electrons. The van der Waals surface area contributed by atoms with Gasteiger partial charge in [0.25, 0.3) is 0 Å². The van der Waals surface area contributed by atoms with E-state index in [0.717, 1.165) is 11.8 Å². The number of nitrogens with zero attached hydrogens (tertiary/aromatic N) is 3. The Bertz CT molecular complexity index is 935. The molecule has 0 fully saturated rings. The van der Waals surface area contributed by atoms with E-state index in [0.29, 0.717) is 10.2 Å². The topological polar surface area (TPSA) is 38.2 Å². The largest absolute Gasteiger partial charge is 0.459 e. The SMILES string of the molecule is CCN(c1ccccc1Br)c1nc(OCc2ccccc2)ncc1C(F)(F)F. The Kier molecular flexibility index (Phi) is 6.18. The van der Waals surface area contributed by atoms with Crippen LogP contribution in [0.3, 0.4) is 0 Å². The first kappa shape index (κ1) is 20.1. The van der Waals surface area contributed by atoms with Gasteiger partial charge in [-0.05, 0) is 40.5 Å². The van der Waals surface area contributed by atoms with Gasteiger partial charge >= 0.3 is 12.2 Å². The average Bonchev–Trinajstić information content (AvgIpc) is 2.68. The number of alkyl halides is 3. The Labute approximate surface area is 169 Å². The Hall–Kier alpha value is -2.61. The molecule has 8 heteroatoms. The number of rotatable bonds is 6. The molecule has 0 aliphatic carbocycles. The summed E-state index contributed by atoms with van der Waals surface area (Å²) < 4.78 is 46.9. The summed E-state index contributed by atoms with van der Waals surface area (Å²) in [6, 6.07) is 16.2. The molecular weight excluding hydrogens is 435 g/mol. The molecule has 0 saturated carbocycles. The van der Waals surface area contributed by atoms with Crippen molar-refractivity contribution in [3.63, 3.8) is 0 Å². The molecule has 0 N–H and O–H groups in total. The summed E-state index contributed by atoms with van der Waals surface area (Å²) in [6.45, 7) is 2.19. The lowest BCUT2D eigenvalue weighted by molar-refractivity contribution is -0.137. The van der Waals surface area contributed by atoms with Crippen LogP contribution in [0.25, 0.3) is 0 Å². The minimum Gasteiger partial charge on any atom is -0.459 e. The number of hydrogen-bond donors (Lipinski definition) is 0. The maximum Gasteiger partial charge on any atom is 0.421 e. The van der Waals surface area contributed by atoms with E-state index in [1.165, 1.54) is 4.90 Å². The zero-order valence-corrected chi connectivity index (χ0v) is 16.5. The van der Waals surface area contributed by atoms with E-state index in [1.54, 1.807) is 31.2 Å². The highest BCUT2D eigenvalue weighted by atomic mass is 79.9. The van der Waals surface area contributed by atoms with Gasteiger partial charge in [0.1, 0.15) is 12.2 Å². The number of hydrogen-bond acceptors (Lipinski definition) is 4. The molecule has 1 heterocycles. The lowest BCUT2D eigenvalue weighted by Gasteiger charge is -2.26. The second-order valence-electron chi connectivity index (χ2n) is 5.86. The van der Waals surface area contributed by atoms with Gasteiger partial charge in [-0.1, -0.05) is 42.5 Å². The maximum atomic E-state index is 13.6. The minimum atomic E-state index is -4.60. The van der Waals surface area contributed by atoms with Crippen LogP contribution in [-0.2, 0) is 12.8 Å². The normalized spacial score (nSPS) is 11.3. The van der Waals surface area contributed by atoms with Gasteiger partial charge in [-0.2, -0.15) is 18.2 Å². The van der Waals surface area contributed by atoms with Crippen molar-refractivity contribution in [3.8, 4) is 6.01 Å². The van der Waals surface area contributed by atoms with Crippen molar-refractivity contribution in [2.75, 3.05) is 11.4 Å². The first-order valence-corrected chi connectivity index (χ1v) is 9.32. The predicted molar refractivity (Wildman–Crippen MR) is 105 cm³/mol. The third-order valence-electron chi connectivity index (χ3n) is 3.98. The number of aromatic nitrogens is 2. The maximum absolute atomic E-state index is 13.6. The molecule has 4 nitrogen and oxygen atoms in total. The monoisotopic (exact) mass is 451 g/mol. The summed E-state index contributed by atoms with van der Waals surface area (Å²) in [5.74, 6) is -0.250. The van der Waals surface area contributed by atoms with Gasteiger partial charge in [0.05, 0.1) is 5.69 Å². The molecule has 3 aromatic rings. The van der Waals surface area contributed by atoms with Crippen molar-refractivity contribution in [3.05, 3.63) is 76.4 Å². The molecule has 0 amide bonds. The number of benzene rings is 2. The van der Waals surface area contributed by atoms with Crippen LogP contribution in [0.4, 0.5) is 24.7 Å². The highest BCUT2D eigenvalue weighted by Gasteiger charge is 2.37. The molecule has 2 aromatic carbocycles. The van der Waals surface area contributed by atoms with E-state index in [1.807, 2.05) is 30.3 Å². The summed E-state index contributed by atoms with van der Waals surface area (Å²) >= 11 is 3.39. The van der Waals surface area contributed by atoms with Crippen molar-refractivity contribution in [1.82, 2.24) is 9.97 Å². The Balaban J connectivity index is 1.99. The van der Waals surface area contributed by atoms with Crippen molar-refractivity contribution in [1.29, 1.82) is 0 Å². The molecule has 0 aliphatic heterocycles. The third kappa shape index (κ3) is 4.62. The van der Waals surface area contributed by atoms with E-state index in [9.17, 15) is 13.2 Å². The van der Waals surface area contributed by atoms with Crippen LogP contribution in [0, 0.1) is 0 Å². The molecule has 0 atom stereocenters. The predicted octanol–water partition coefficient (Wildman–Crippen LogP) is 5.99. The standard InChI is InChI=1S/C20H17BrF3N3O/c1-2-27(17-11-7-6-10-16(17)21)18-15(20(22,23)24)12-25-19(26-18)28-13-14-8-4-3-5-9-14/h3-12H,2,13H2,1H3. The quantitative estimate of drug-likeness (QED) is 0.460. The lowest BCUT2D eigenvalue weighted by atomic mass is 10.2. The van der Waals surface area contributed by atoms with Crippen LogP contribution in [0.5, 0.6) is 6.01 Å². The fraction of sp³-hybridized carbons (Fsp3) is 0.200. The van der Waals surface area contributed by atoms with Gasteiger partial charge in [-0.25, -0.2) is 4.98 Å². The minimum absolute atomic E-state index is 0.114. The first-order chi connectivity index (χ1) is 13.4. The van der Waals surface area contributed by atoms with E-state index >= 15 is 0 Å². The van der Waals surface area contributed by atoms with E-state index in [-0.39, 0.29) is 25.0 Å². The summed E-state index contributed by atoms with van der Waals surface area (Å²) in [7, 11) is 0. The molecular formula is C20H17BrF3N3O. The first-order valence-electron chi connectivity index (χ1n) is 8.53. The molecule has 1 aromatic heterocycles. The summed E-state index contributed by atoms with van der Waals surface area (Å²) in [5.41, 5.74) is 0.520. The van der Waals surface area contributed by atoms with E-state index in [2.05, 4.69) is 25.9 Å². The van der Waals surface area contributed by atoms with Crippen LogP contribution < -0.4 is 9.64 Å². The van der Waals surface area contributed by atoms with Gasteiger partial charge in [0.15, 0.2) is 5.82 Å². The number of ether oxygens (including phenoxy) is 1. The van der Waals surface area contributed by atoms with Crippen LogP contribution in [0.1, 0.15) is 18.1 Å². The van der Waals surface area contributed by atoms with Crippen LogP contribution in [0.2, 0.25) is 0 Å². The van der Waals surface area contributed by atoms with Crippen LogP contribution in [-0.4, -0.2) is 16.5 Å². The van der Waals surface area contributed by atoms with Gasteiger partial charge in [0.2, 0.25) is 0 Å². The second-order valence-corrected chi connectivity index (χ2v) is 6.71. The van der Waals surface area contributed by atoms with E-state index in [4.69, 9.17) is 4.74 Å². The van der Waals surface area contributed by atoms with Gasteiger partial charge in [-0.3, -0.25) is 0 Å². The molecule has 0 aliphatic rings. The van der Waals surface area contributed by atoms with Crippen molar-refractivity contribution in [2.45, 2.75) is 19.7 Å². The fourth-order valence-corrected chi connectivity index (χ4v) is 3.16. The van der Waals surface area contributed by atoms with Gasteiger partial charge in [0, 0.05) is 17.2 Å². The Morgan fingerprint density at radius 2 is 1.71 bits per heavy atom. The molecule has 0 saturated heterocycles. The molecule has 3 rings (SSSR count). The summed E-state index contributed by atoms with van der Waals surface area (Å²) in [5, 5.41) is 0. The Morgan fingerprint density at radius 1 is 1.04 bits per heavy atom. The zero-order chi connectivity index (χ0) is 20.1. The smallest absolute Gasteiger partial charge is 0.421 e. The second kappa shape index (κ2) is 8.60. The summed E-state index contributed by atoms with van der Waals surface area (Å²) in [4.78, 5) is 9.33. The number of para-hydroxylation sites is 1. The number of anilines is 2. The van der Waals surface area contributed by atoms with Gasteiger partial charge in [-0.15, -0.1) is 0 Å². The van der Waals surface area contributed by atoms with Crippen LogP contribution >= 0.6 is 15.9 Å². The van der Waals surface area contributed by atoms with Crippen molar-refractivity contribution in [2.24, 2.45) is 0 Å². The zero-order valence-electron chi connectivity index (χ0n) is 14.9. The summed E-state index contributed by atoms with van der Waals surface area (Å²) in [6.07, 6.45) is -3.83. The molecule has 28 heavy (non-hydrogen) atoms. The van der Waals surface area contributed by atoms with Crippen molar-refractivity contribution >= 4 is 27.4 Å². The Morgan fingerprint density at radius 3 is 2.36 bits per heavy atom. The molecule has 0 radical (unpaired) electrons. The van der Waals surface area contributed by atoms with Gasteiger partial charge < -0.3 is 9.64 Å². The average molecular weight is 452 g/mol. The van der Waals surface area contributed by atoms with Crippen LogP contribution in [0.15, 0.2) is 65.3 Å².